The van der Waals surface area contributed by atoms with Gasteiger partial charge in [0.2, 0.25) is 0 Å². The average molecular weight is 535 g/mol. The molecule has 1 saturated heterocycles. The molecule has 1 aliphatic carbocycles. The largest absolute Gasteiger partial charge is 0.453 e. The number of aromatic nitrogens is 4. The second-order valence-corrected chi connectivity index (χ2v) is 11.3. The van der Waals surface area contributed by atoms with Gasteiger partial charge in [0.25, 0.3) is 11.5 Å². The Kier molecular flexibility index (Phi) is 8.02. The van der Waals surface area contributed by atoms with Crippen molar-refractivity contribution in [2.75, 3.05) is 23.3 Å². The number of ether oxygens (including phenoxy) is 1. The van der Waals surface area contributed by atoms with Crippen LogP contribution in [0.3, 0.4) is 0 Å². The van der Waals surface area contributed by atoms with Crippen molar-refractivity contribution < 1.29 is 14.6 Å². The molecule has 2 fully saturated rings. The van der Waals surface area contributed by atoms with E-state index < -0.39 is 17.2 Å². The number of aliphatic hydroxyl groups is 1. The Balaban J connectivity index is 1.35. The normalized spacial score (nSPS) is 16.9. The van der Waals surface area contributed by atoms with Crippen molar-refractivity contribution >= 4 is 17.4 Å². The number of carbonyl (C=O) groups excluding carboxylic acids is 1. The number of hydrogen-bond acceptors (Lipinski definition) is 7. The zero-order valence-electron chi connectivity index (χ0n) is 22.8. The second-order valence-electron chi connectivity index (χ2n) is 11.3. The number of carbonyl (C=O) groups is 1. The Bertz CT molecular complexity index is 1330. The fourth-order valence-corrected chi connectivity index (χ4v) is 5.58. The Labute approximate surface area is 228 Å². The SMILES string of the molecule is CC(C)(O)Cn1ccc(NC(=O)[C@@H](CC2CCCC2)n2ncc(Oc3ccccc3N3CCCC3)cc2=O)n1. The fourth-order valence-electron chi connectivity index (χ4n) is 5.58. The first-order valence-electron chi connectivity index (χ1n) is 13.9. The van der Waals surface area contributed by atoms with Crippen LogP contribution in [0.5, 0.6) is 11.5 Å². The summed E-state index contributed by atoms with van der Waals surface area (Å²) in [6.45, 7) is 5.64. The van der Waals surface area contributed by atoms with Gasteiger partial charge in [-0.25, -0.2) is 4.68 Å². The highest BCUT2D eigenvalue weighted by atomic mass is 16.5. The lowest BCUT2D eigenvalue weighted by molar-refractivity contribution is -0.120. The van der Waals surface area contributed by atoms with Crippen molar-refractivity contribution in [3.63, 3.8) is 0 Å². The lowest BCUT2D eigenvalue weighted by atomic mass is 9.98. The van der Waals surface area contributed by atoms with E-state index in [9.17, 15) is 14.7 Å². The maximum absolute atomic E-state index is 13.5. The van der Waals surface area contributed by atoms with Crippen LogP contribution >= 0.6 is 0 Å². The quantitative estimate of drug-likeness (QED) is 0.397. The van der Waals surface area contributed by atoms with Crippen LogP contribution in [0.2, 0.25) is 0 Å². The summed E-state index contributed by atoms with van der Waals surface area (Å²) >= 11 is 0. The van der Waals surface area contributed by atoms with E-state index in [4.69, 9.17) is 4.74 Å². The predicted molar refractivity (Wildman–Crippen MR) is 149 cm³/mol. The molecule has 10 nitrogen and oxygen atoms in total. The Morgan fingerprint density at radius 1 is 1.15 bits per heavy atom. The summed E-state index contributed by atoms with van der Waals surface area (Å²) in [4.78, 5) is 29.0. The third-order valence-electron chi connectivity index (χ3n) is 7.41. The third kappa shape index (κ3) is 6.86. The first-order valence-corrected chi connectivity index (χ1v) is 13.9. The Hall–Kier alpha value is -3.66. The van der Waals surface area contributed by atoms with Gasteiger partial charge in [0.1, 0.15) is 6.04 Å². The van der Waals surface area contributed by atoms with E-state index in [1.54, 1.807) is 30.8 Å². The molecule has 10 heteroatoms. The van der Waals surface area contributed by atoms with Gasteiger partial charge in [-0.15, -0.1) is 0 Å². The standard InChI is InChI=1S/C29H38N6O4/c1-29(2,38)20-34-16-13-26(32-34)31-28(37)24(17-21-9-3-4-10-21)35-27(36)18-22(19-30-35)39-25-12-6-5-11-23(25)33-14-7-8-15-33/h5-6,11-13,16,18-19,21,24,38H,3-4,7-10,14-15,17,20H2,1-2H3,(H,31,32,37)/t24-/m1/s1. The van der Waals surface area contributed by atoms with Gasteiger partial charge in [0.05, 0.1) is 24.0 Å². The van der Waals surface area contributed by atoms with E-state index in [2.05, 4.69) is 20.4 Å². The minimum atomic E-state index is -0.936. The van der Waals surface area contributed by atoms with Gasteiger partial charge < -0.3 is 20.1 Å². The fraction of sp³-hybridized carbons (Fsp3) is 0.517. The van der Waals surface area contributed by atoms with Crippen LogP contribution in [0.15, 0.2) is 53.6 Å². The lowest BCUT2D eigenvalue weighted by Gasteiger charge is -2.22. The number of hydrogen-bond donors (Lipinski definition) is 2. The van der Waals surface area contributed by atoms with Gasteiger partial charge in [0, 0.05) is 31.4 Å². The zero-order chi connectivity index (χ0) is 27.4. The smallest absolute Gasteiger partial charge is 0.271 e. The molecule has 0 unspecified atom stereocenters. The van der Waals surface area contributed by atoms with E-state index in [-0.39, 0.29) is 12.5 Å². The number of nitrogens with zero attached hydrogens (tertiary/aromatic N) is 5. The highest BCUT2D eigenvalue weighted by Crippen LogP contribution is 2.34. The van der Waals surface area contributed by atoms with Crippen molar-refractivity contribution in [3.8, 4) is 11.5 Å². The monoisotopic (exact) mass is 534 g/mol. The molecule has 2 aromatic heterocycles. The van der Waals surface area contributed by atoms with Crippen LogP contribution in [0.25, 0.3) is 0 Å². The molecule has 0 spiro atoms. The highest BCUT2D eigenvalue weighted by molar-refractivity contribution is 5.92. The van der Waals surface area contributed by atoms with E-state index in [0.717, 1.165) is 57.3 Å². The number of anilines is 2. The summed E-state index contributed by atoms with van der Waals surface area (Å²) in [7, 11) is 0. The minimum absolute atomic E-state index is 0.289. The maximum atomic E-state index is 13.5. The molecule has 208 valence electrons. The summed E-state index contributed by atoms with van der Waals surface area (Å²) in [5.74, 6) is 1.41. The molecule has 0 radical (unpaired) electrons. The number of nitrogens with one attached hydrogen (secondary N) is 1. The Morgan fingerprint density at radius 3 is 2.62 bits per heavy atom. The van der Waals surface area contributed by atoms with Crippen LogP contribution in [0.4, 0.5) is 11.5 Å². The van der Waals surface area contributed by atoms with Crippen LogP contribution < -0.4 is 20.5 Å². The van der Waals surface area contributed by atoms with E-state index in [0.29, 0.717) is 29.7 Å². The van der Waals surface area contributed by atoms with E-state index >= 15 is 0 Å². The molecular weight excluding hydrogens is 496 g/mol. The van der Waals surface area contributed by atoms with Crippen LogP contribution in [-0.2, 0) is 11.3 Å². The first-order chi connectivity index (χ1) is 18.7. The summed E-state index contributed by atoms with van der Waals surface area (Å²) in [5.41, 5.74) is -0.326. The lowest BCUT2D eigenvalue weighted by Crippen LogP contribution is -2.36. The van der Waals surface area contributed by atoms with Crippen molar-refractivity contribution in [2.24, 2.45) is 5.92 Å². The van der Waals surface area contributed by atoms with Gasteiger partial charge in [-0.2, -0.15) is 10.2 Å². The first kappa shape index (κ1) is 26.9. The number of amides is 1. The number of rotatable bonds is 10. The Morgan fingerprint density at radius 2 is 1.90 bits per heavy atom. The van der Waals surface area contributed by atoms with Crippen molar-refractivity contribution in [3.05, 3.63) is 59.1 Å². The minimum Gasteiger partial charge on any atom is -0.453 e. The second kappa shape index (κ2) is 11.6. The number of benzene rings is 1. The number of para-hydroxylation sites is 2. The van der Waals surface area contributed by atoms with Gasteiger partial charge in [-0.3, -0.25) is 14.3 Å². The molecule has 1 atom stereocenters. The van der Waals surface area contributed by atoms with Crippen LogP contribution in [0, 0.1) is 5.92 Å². The molecule has 0 bridgehead atoms. The van der Waals surface area contributed by atoms with E-state index in [1.807, 2.05) is 24.3 Å². The summed E-state index contributed by atoms with van der Waals surface area (Å²) in [5, 5.41) is 21.7. The molecule has 5 rings (SSSR count). The molecule has 3 heterocycles. The van der Waals surface area contributed by atoms with Gasteiger partial charge in [-0.1, -0.05) is 37.8 Å². The van der Waals surface area contributed by atoms with Crippen molar-refractivity contribution in [1.82, 2.24) is 19.6 Å². The van der Waals surface area contributed by atoms with Gasteiger partial charge >= 0.3 is 0 Å². The summed E-state index contributed by atoms with van der Waals surface area (Å²) in [6, 6.07) is 10.1. The van der Waals surface area contributed by atoms with Gasteiger partial charge in [-0.05, 0) is 51.2 Å². The predicted octanol–water partition coefficient (Wildman–Crippen LogP) is 4.36. The zero-order valence-corrected chi connectivity index (χ0v) is 22.8. The van der Waals surface area contributed by atoms with Crippen molar-refractivity contribution in [1.29, 1.82) is 0 Å². The average Bonchev–Trinajstić information content (AvgIpc) is 3.66. The molecule has 2 N–H and O–H groups in total. The van der Waals surface area contributed by atoms with Gasteiger partial charge in [0.15, 0.2) is 17.3 Å². The van der Waals surface area contributed by atoms with Crippen molar-refractivity contribution in [2.45, 2.75) is 77.0 Å². The van der Waals surface area contributed by atoms with Crippen LogP contribution in [-0.4, -0.2) is 49.3 Å². The summed E-state index contributed by atoms with van der Waals surface area (Å²) < 4.78 is 8.96. The third-order valence-corrected chi connectivity index (χ3v) is 7.41. The molecule has 1 saturated carbocycles. The molecule has 39 heavy (non-hydrogen) atoms. The topological polar surface area (TPSA) is 115 Å². The molecule has 2 aliphatic rings. The molecule has 1 amide bonds. The maximum Gasteiger partial charge on any atom is 0.271 e. The molecule has 3 aromatic rings. The highest BCUT2D eigenvalue weighted by Gasteiger charge is 2.29. The summed E-state index contributed by atoms with van der Waals surface area (Å²) in [6.07, 6.45) is 10.4. The van der Waals surface area contributed by atoms with E-state index in [1.165, 1.54) is 16.9 Å². The molecular formula is C29H38N6O4. The molecule has 1 aromatic carbocycles. The van der Waals surface area contributed by atoms with Crippen LogP contribution in [0.1, 0.15) is 64.8 Å². The molecule has 1 aliphatic heterocycles.